The number of H-pyrrole nitrogens is 1. The molecule has 0 radical (unpaired) electrons. The Bertz CT molecular complexity index is 1290. The highest BCUT2D eigenvalue weighted by molar-refractivity contribution is 6.04. The van der Waals surface area contributed by atoms with Crippen molar-refractivity contribution in [2.75, 3.05) is 17.3 Å². The molecule has 1 aromatic carbocycles. The van der Waals surface area contributed by atoms with Crippen molar-refractivity contribution in [3.05, 3.63) is 77.5 Å². The molecule has 2 N–H and O–H groups in total. The van der Waals surface area contributed by atoms with Crippen LogP contribution in [0.25, 0.3) is 0 Å². The minimum Gasteiger partial charge on any atom is -0.441 e. The van der Waals surface area contributed by atoms with Gasteiger partial charge in [-0.05, 0) is 43.0 Å². The first-order chi connectivity index (χ1) is 16.2. The van der Waals surface area contributed by atoms with Gasteiger partial charge < -0.3 is 14.6 Å². The van der Waals surface area contributed by atoms with Gasteiger partial charge in [-0.25, -0.2) is 9.97 Å². The average molecular weight is 471 g/mol. The number of oxazole rings is 1. The smallest absolute Gasteiger partial charge is 0.441 e. The molecule has 4 aromatic rings. The third-order valence-electron chi connectivity index (χ3n) is 5.10. The van der Waals surface area contributed by atoms with Crippen LogP contribution >= 0.6 is 0 Å². The van der Waals surface area contributed by atoms with Crippen LogP contribution in [-0.2, 0) is 19.0 Å². The molecule has 0 fully saturated rings. The van der Waals surface area contributed by atoms with E-state index in [1.54, 1.807) is 24.7 Å². The van der Waals surface area contributed by atoms with Crippen LogP contribution in [0.5, 0.6) is 0 Å². The molecule has 0 aliphatic heterocycles. The van der Waals surface area contributed by atoms with Crippen molar-refractivity contribution in [2.45, 2.75) is 25.9 Å². The molecule has 0 atom stereocenters. The van der Waals surface area contributed by atoms with Gasteiger partial charge in [0.25, 0.3) is 5.91 Å². The first-order valence-electron chi connectivity index (χ1n) is 10.2. The van der Waals surface area contributed by atoms with Crippen LogP contribution in [0.1, 0.15) is 33.2 Å². The van der Waals surface area contributed by atoms with Crippen LogP contribution in [0.3, 0.4) is 0 Å². The van der Waals surface area contributed by atoms with E-state index in [1.165, 1.54) is 11.9 Å². The van der Waals surface area contributed by atoms with E-state index in [2.05, 4.69) is 34.9 Å². The Hall–Kier alpha value is -4.22. The number of anilines is 3. The Morgan fingerprint density at radius 1 is 1.18 bits per heavy atom. The van der Waals surface area contributed by atoms with Gasteiger partial charge in [0, 0.05) is 36.9 Å². The second-order valence-electron chi connectivity index (χ2n) is 7.50. The number of hydrogen-bond acceptors (Lipinski definition) is 7. The molecule has 176 valence electrons. The molecule has 0 spiro atoms. The first kappa shape index (κ1) is 23.0. The van der Waals surface area contributed by atoms with Crippen molar-refractivity contribution in [3.63, 3.8) is 0 Å². The number of nitrogens with one attached hydrogen (secondary N) is 2. The summed E-state index contributed by atoms with van der Waals surface area (Å²) in [5, 5.41) is 10.2. The van der Waals surface area contributed by atoms with Crippen LogP contribution in [0.15, 0.2) is 53.5 Å². The molecule has 9 nitrogen and oxygen atoms in total. The van der Waals surface area contributed by atoms with Crippen LogP contribution in [0.4, 0.5) is 30.5 Å². The Morgan fingerprint density at radius 2 is 2.00 bits per heavy atom. The molecule has 0 unspecified atom stereocenters. The van der Waals surface area contributed by atoms with Crippen LogP contribution < -0.4 is 10.2 Å². The largest absolute Gasteiger partial charge is 0.468 e. The lowest BCUT2D eigenvalue weighted by Crippen LogP contribution is -2.27. The van der Waals surface area contributed by atoms with Crippen LogP contribution in [-0.4, -0.2) is 38.1 Å². The molecule has 12 heteroatoms. The number of carbonyl (C=O) groups excluding carboxylic acids is 1. The monoisotopic (exact) mass is 471 g/mol. The van der Waals surface area contributed by atoms with Crippen molar-refractivity contribution < 1.29 is 22.4 Å². The maximum absolute atomic E-state index is 12.7. The van der Waals surface area contributed by atoms with Gasteiger partial charge in [-0.1, -0.05) is 6.07 Å². The maximum Gasteiger partial charge on any atom is 0.468 e. The van der Waals surface area contributed by atoms with Crippen molar-refractivity contribution in [1.29, 1.82) is 0 Å². The zero-order chi connectivity index (χ0) is 24.3. The number of benzene rings is 1. The summed E-state index contributed by atoms with van der Waals surface area (Å²) in [5.74, 6) is -0.979. The van der Waals surface area contributed by atoms with E-state index in [0.717, 1.165) is 16.8 Å². The lowest BCUT2D eigenvalue weighted by Gasteiger charge is -2.18. The van der Waals surface area contributed by atoms with Gasteiger partial charge in [-0.2, -0.15) is 18.3 Å². The molecule has 0 bridgehead atoms. The van der Waals surface area contributed by atoms with Crippen molar-refractivity contribution in [2.24, 2.45) is 0 Å². The van der Waals surface area contributed by atoms with E-state index < -0.39 is 23.7 Å². The van der Waals surface area contributed by atoms with E-state index >= 15 is 0 Å². The SMILES string of the molecule is Cc1ccc(N(C)C(=O)c2coc(C(F)(F)F)n2)cc1CCc1cc(Nc2cnccn2)n[nH]1. The fourth-order valence-corrected chi connectivity index (χ4v) is 3.25. The molecule has 0 aliphatic rings. The number of amides is 1. The van der Waals surface area contributed by atoms with E-state index in [-0.39, 0.29) is 0 Å². The molecule has 3 aromatic heterocycles. The second kappa shape index (κ2) is 9.33. The van der Waals surface area contributed by atoms with Gasteiger partial charge in [0.05, 0.1) is 6.20 Å². The number of nitrogens with zero attached hydrogens (tertiary/aromatic N) is 5. The second-order valence-corrected chi connectivity index (χ2v) is 7.50. The minimum absolute atomic E-state index is 0.419. The molecule has 3 heterocycles. The van der Waals surface area contributed by atoms with Gasteiger partial charge in [-0.15, -0.1) is 0 Å². The fraction of sp³-hybridized carbons (Fsp3) is 0.227. The molecular weight excluding hydrogens is 451 g/mol. The van der Waals surface area contributed by atoms with E-state index in [0.29, 0.717) is 36.4 Å². The average Bonchev–Trinajstić information content (AvgIpc) is 3.48. The number of hydrogen-bond donors (Lipinski definition) is 2. The summed E-state index contributed by atoms with van der Waals surface area (Å²) < 4.78 is 42.6. The maximum atomic E-state index is 12.7. The third kappa shape index (κ3) is 5.22. The molecule has 0 aliphatic carbocycles. The topological polar surface area (TPSA) is 113 Å². The summed E-state index contributed by atoms with van der Waals surface area (Å²) >= 11 is 0. The number of halogens is 3. The Labute approximate surface area is 192 Å². The standard InChI is InChI=1S/C22H20F3N7O2/c1-13-3-6-16(32(2)20(33)17-12-34-21(28-17)22(23,24)25)9-14(13)4-5-15-10-18(31-30-15)29-19-11-26-7-8-27-19/h3,6-12H,4-5H2,1-2H3,(H2,27,29,30,31). The van der Waals surface area contributed by atoms with Gasteiger partial charge in [0.1, 0.15) is 12.1 Å². The molecule has 1 amide bonds. The molecule has 0 saturated heterocycles. The Morgan fingerprint density at radius 3 is 2.71 bits per heavy atom. The summed E-state index contributed by atoms with van der Waals surface area (Å²) in [6, 6.07) is 7.27. The van der Waals surface area contributed by atoms with Gasteiger partial charge in [0.2, 0.25) is 0 Å². The summed E-state index contributed by atoms with van der Waals surface area (Å²) in [7, 11) is 1.47. The number of aryl methyl sites for hydroxylation is 3. The quantitative estimate of drug-likeness (QED) is 0.413. The molecular formula is C22H20F3N7O2. The van der Waals surface area contributed by atoms with Crippen molar-refractivity contribution in [1.82, 2.24) is 25.1 Å². The minimum atomic E-state index is -4.76. The Balaban J connectivity index is 1.43. The zero-order valence-corrected chi connectivity index (χ0v) is 18.2. The number of aromatic nitrogens is 5. The Kier molecular flexibility index (Phi) is 6.30. The lowest BCUT2D eigenvalue weighted by atomic mass is 10.0. The highest BCUT2D eigenvalue weighted by Gasteiger charge is 2.38. The van der Waals surface area contributed by atoms with Gasteiger partial charge >= 0.3 is 12.1 Å². The number of alkyl halides is 3. The number of carbonyl (C=O) groups is 1. The normalized spacial score (nSPS) is 11.4. The summed E-state index contributed by atoms with van der Waals surface area (Å²) in [4.78, 5) is 25.3. The molecule has 34 heavy (non-hydrogen) atoms. The highest BCUT2D eigenvalue weighted by atomic mass is 19.4. The number of rotatable bonds is 7. The summed E-state index contributed by atoms with van der Waals surface area (Å²) in [6.45, 7) is 1.95. The fourth-order valence-electron chi connectivity index (χ4n) is 3.25. The van der Waals surface area contributed by atoms with Crippen LogP contribution in [0, 0.1) is 6.92 Å². The summed E-state index contributed by atoms with van der Waals surface area (Å²) in [5.41, 5.74) is 2.99. The lowest BCUT2D eigenvalue weighted by molar-refractivity contribution is -0.157. The van der Waals surface area contributed by atoms with E-state index in [1.807, 2.05) is 25.1 Å². The summed E-state index contributed by atoms with van der Waals surface area (Å²) in [6.07, 6.45) is 1.99. The predicted molar refractivity (Wildman–Crippen MR) is 117 cm³/mol. The highest BCUT2D eigenvalue weighted by Crippen LogP contribution is 2.29. The van der Waals surface area contributed by atoms with Crippen LogP contribution in [0.2, 0.25) is 0 Å². The van der Waals surface area contributed by atoms with Crippen molar-refractivity contribution in [3.8, 4) is 0 Å². The van der Waals surface area contributed by atoms with Crippen molar-refractivity contribution >= 4 is 23.2 Å². The zero-order valence-electron chi connectivity index (χ0n) is 18.2. The first-order valence-corrected chi connectivity index (χ1v) is 10.2. The molecule has 0 saturated carbocycles. The van der Waals surface area contributed by atoms with E-state index in [4.69, 9.17) is 0 Å². The predicted octanol–water partition coefficient (Wildman–Crippen LogP) is 4.32. The van der Waals surface area contributed by atoms with Gasteiger partial charge in [-0.3, -0.25) is 14.9 Å². The number of aromatic amines is 1. The van der Waals surface area contributed by atoms with E-state index in [9.17, 15) is 18.0 Å². The molecule has 4 rings (SSSR count). The van der Waals surface area contributed by atoms with Gasteiger partial charge in [0.15, 0.2) is 11.5 Å². The third-order valence-corrected chi connectivity index (χ3v) is 5.10.